The van der Waals surface area contributed by atoms with Crippen molar-refractivity contribution in [1.82, 2.24) is 5.32 Å². The van der Waals surface area contributed by atoms with Crippen LogP contribution in [0.1, 0.15) is 18.5 Å². The van der Waals surface area contributed by atoms with E-state index < -0.39 is 0 Å². The van der Waals surface area contributed by atoms with E-state index in [0.29, 0.717) is 21.5 Å². The topological polar surface area (TPSA) is 64.9 Å². The quantitative estimate of drug-likeness (QED) is 0.656. The van der Waals surface area contributed by atoms with Crippen molar-refractivity contribution in [3.63, 3.8) is 0 Å². The van der Waals surface area contributed by atoms with E-state index in [1.165, 1.54) is 11.8 Å². The number of hydrogen-bond acceptors (Lipinski definition) is 4. The maximum Gasteiger partial charge on any atom is 0.238 e. The van der Waals surface area contributed by atoms with Crippen LogP contribution in [0.15, 0.2) is 47.4 Å². The number of benzene rings is 2. The van der Waals surface area contributed by atoms with Crippen LogP contribution in [0.4, 0.5) is 5.69 Å². The standard InChI is InChI=1S/C18H17Cl2N3OS/c1-12(14-7-6-13(19)10-15(14)20)22-11-18(24)23-16-4-2-3-5-17(16)25-9-8-21/h2-7,10,12,22H,9,11H2,1H3,(H,23,24)/t12-/m0/s1. The molecule has 2 aromatic carbocycles. The number of nitrogens with one attached hydrogen (secondary N) is 2. The maximum atomic E-state index is 12.2. The lowest BCUT2D eigenvalue weighted by Gasteiger charge is -2.16. The van der Waals surface area contributed by atoms with Gasteiger partial charge in [-0.3, -0.25) is 4.79 Å². The molecule has 0 fully saturated rings. The zero-order valence-corrected chi connectivity index (χ0v) is 15.9. The molecule has 1 atom stereocenters. The fraction of sp³-hybridized carbons (Fsp3) is 0.222. The van der Waals surface area contributed by atoms with Crippen molar-refractivity contribution < 1.29 is 4.79 Å². The van der Waals surface area contributed by atoms with Crippen LogP contribution in [0.5, 0.6) is 0 Å². The Labute approximate surface area is 161 Å². The molecule has 1 amide bonds. The predicted octanol–water partition coefficient (Wildman–Crippen LogP) is 4.90. The largest absolute Gasteiger partial charge is 0.324 e. The van der Waals surface area contributed by atoms with Crippen molar-refractivity contribution in [2.45, 2.75) is 17.9 Å². The van der Waals surface area contributed by atoms with Crippen molar-refractivity contribution in [3.05, 3.63) is 58.1 Å². The number of nitrogens with zero attached hydrogens (tertiary/aromatic N) is 1. The summed E-state index contributed by atoms with van der Waals surface area (Å²) in [6.07, 6.45) is 0. The third kappa shape index (κ3) is 5.94. The molecule has 7 heteroatoms. The first kappa shape index (κ1) is 19.6. The van der Waals surface area contributed by atoms with Gasteiger partial charge in [-0.2, -0.15) is 5.26 Å². The summed E-state index contributed by atoms with van der Waals surface area (Å²) in [7, 11) is 0. The van der Waals surface area contributed by atoms with E-state index in [-0.39, 0.29) is 18.5 Å². The van der Waals surface area contributed by atoms with Crippen LogP contribution in [0.2, 0.25) is 10.0 Å². The summed E-state index contributed by atoms with van der Waals surface area (Å²) in [6.45, 7) is 2.07. The van der Waals surface area contributed by atoms with E-state index in [2.05, 4.69) is 16.7 Å². The fourth-order valence-electron chi connectivity index (χ4n) is 2.21. The van der Waals surface area contributed by atoms with E-state index >= 15 is 0 Å². The van der Waals surface area contributed by atoms with Crippen molar-refractivity contribution in [2.75, 3.05) is 17.6 Å². The zero-order valence-electron chi connectivity index (χ0n) is 13.6. The Balaban J connectivity index is 1.94. The van der Waals surface area contributed by atoms with Gasteiger partial charge in [0.2, 0.25) is 5.91 Å². The van der Waals surface area contributed by atoms with E-state index in [9.17, 15) is 4.79 Å². The molecular formula is C18H17Cl2N3OS. The molecule has 0 aliphatic carbocycles. The summed E-state index contributed by atoms with van der Waals surface area (Å²) in [5, 5.41) is 15.8. The van der Waals surface area contributed by atoms with Crippen molar-refractivity contribution in [2.24, 2.45) is 0 Å². The fourth-order valence-corrected chi connectivity index (χ4v) is 3.45. The van der Waals surface area contributed by atoms with Gasteiger partial charge >= 0.3 is 0 Å². The number of carbonyl (C=O) groups is 1. The third-order valence-corrected chi connectivity index (χ3v) is 4.95. The van der Waals surface area contributed by atoms with Gasteiger partial charge in [-0.25, -0.2) is 0 Å². The monoisotopic (exact) mass is 393 g/mol. The van der Waals surface area contributed by atoms with Crippen LogP contribution in [0, 0.1) is 11.3 Å². The van der Waals surface area contributed by atoms with Gasteiger partial charge in [-0.05, 0) is 36.8 Å². The molecule has 4 nitrogen and oxygen atoms in total. The molecule has 2 aromatic rings. The second-order valence-corrected chi connectivity index (χ2v) is 7.12. The number of halogens is 2. The molecule has 0 unspecified atom stereocenters. The number of thioether (sulfide) groups is 1. The van der Waals surface area contributed by atoms with E-state index in [0.717, 1.165) is 10.5 Å². The van der Waals surface area contributed by atoms with Crippen molar-refractivity contribution in [3.8, 4) is 6.07 Å². The molecule has 0 heterocycles. The number of rotatable bonds is 7. The number of hydrogen-bond donors (Lipinski definition) is 2. The number of para-hydroxylation sites is 1. The Morgan fingerprint density at radius 1 is 1.28 bits per heavy atom. The lowest BCUT2D eigenvalue weighted by molar-refractivity contribution is -0.115. The highest BCUT2D eigenvalue weighted by atomic mass is 35.5. The number of anilines is 1. The molecule has 0 saturated heterocycles. The number of nitriles is 1. The second-order valence-electron chi connectivity index (χ2n) is 5.26. The summed E-state index contributed by atoms with van der Waals surface area (Å²) in [5.74, 6) is 0.166. The maximum absolute atomic E-state index is 12.2. The van der Waals surface area contributed by atoms with Crippen LogP contribution in [-0.4, -0.2) is 18.2 Å². The van der Waals surface area contributed by atoms with Gasteiger partial charge in [-0.1, -0.05) is 41.4 Å². The van der Waals surface area contributed by atoms with Crippen LogP contribution < -0.4 is 10.6 Å². The van der Waals surface area contributed by atoms with Crippen LogP contribution in [-0.2, 0) is 4.79 Å². The lowest BCUT2D eigenvalue weighted by atomic mass is 10.1. The minimum Gasteiger partial charge on any atom is -0.324 e. The predicted molar refractivity (Wildman–Crippen MR) is 104 cm³/mol. The molecule has 0 bridgehead atoms. The highest BCUT2D eigenvalue weighted by molar-refractivity contribution is 7.99. The summed E-state index contributed by atoms with van der Waals surface area (Å²) < 4.78 is 0. The van der Waals surface area contributed by atoms with Crippen LogP contribution in [0.3, 0.4) is 0 Å². The summed E-state index contributed by atoms with van der Waals surface area (Å²) >= 11 is 13.5. The molecular weight excluding hydrogens is 377 g/mol. The molecule has 2 rings (SSSR count). The average molecular weight is 394 g/mol. The number of carbonyl (C=O) groups excluding carboxylic acids is 1. The van der Waals surface area contributed by atoms with Gasteiger partial charge in [-0.15, -0.1) is 11.8 Å². The molecule has 0 aliphatic rings. The second kappa shape index (κ2) is 9.69. The van der Waals surface area contributed by atoms with Gasteiger partial charge < -0.3 is 10.6 Å². The Bertz CT molecular complexity index is 792. The van der Waals surface area contributed by atoms with Crippen LogP contribution in [0.25, 0.3) is 0 Å². The van der Waals surface area contributed by atoms with E-state index in [4.69, 9.17) is 28.5 Å². The minimum atomic E-state index is -0.165. The van der Waals surface area contributed by atoms with Gasteiger partial charge in [0.15, 0.2) is 0 Å². The number of amides is 1. The molecule has 0 aromatic heterocycles. The summed E-state index contributed by atoms with van der Waals surface area (Å²) in [6, 6.07) is 14.7. The van der Waals surface area contributed by atoms with Crippen molar-refractivity contribution in [1.29, 1.82) is 5.26 Å². The Hall–Kier alpha value is -1.71. The van der Waals surface area contributed by atoms with Gasteiger partial charge in [0.05, 0.1) is 24.1 Å². The Morgan fingerprint density at radius 3 is 2.76 bits per heavy atom. The highest BCUT2D eigenvalue weighted by Crippen LogP contribution is 2.27. The molecule has 130 valence electrons. The summed E-state index contributed by atoms with van der Waals surface area (Å²) in [5.41, 5.74) is 1.58. The van der Waals surface area contributed by atoms with Crippen molar-refractivity contribution >= 4 is 46.6 Å². The van der Waals surface area contributed by atoms with E-state index in [1.54, 1.807) is 12.1 Å². The summed E-state index contributed by atoms with van der Waals surface area (Å²) in [4.78, 5) is 13.1. The molecule has 0 spiro atoms. The molecule has 2 N–H and O–H groups in total. The third-order valence-electron chi connectivity index (χ3n) is 3.45. The van der Waals surface area contributed by atoms with Crippen LogP contribution >= 0.6 is 35.0 Å². The first-order valence-corrected chi connectivity index (χ1v) is 9.32. The first-order valence-electron chi connectivity index (χ1n) is 7.58. The van der Waals surface area contributed by atoms with Gasteiger partial charge in [0, 0.05) is 21.0 Å². The Kier molecular flexibility index (Phi) is 7.60. The highest BCUT2D eigenvalue weighted by Gasteiger charge is 2.12. The lowest BCUT2D eigenvalue weighted by Crippen LogP contribution is -2.30. The molecule has 0 radical (unpaired) electrons. The average Bonchev–Trinajstić information content (AvgIpc) is 2.59. The molecule has 0 aliphatic heterocycles. The first-order chi connectivity index (χ1) is 12.0. The van der Waals surface area contributed by atoms with Gasteiger partial charge in [0.1, 0.15) is 0 Å². The molecule has 25 heavy (non-hydrogen) atoms. The minimum absolute atomic E-state index is 0.0984. The SMILES string of the molecule is C[C@H](NCC(=O)Nc1ccccc1SCC#N)c1ccc(Cl)cc1Cl. The molecule has 0 saturated carbocycles. The van der Waals surface area contributed by atoms with Gasteiger partial charge in [0.25, 0.3) is 0 Å². The normalized spacial score (nSPS) is 11.6. The zero-order chi connectivity index (χ0) is 18.2. The smallest absolute Gasteiger partial charge is 0.238 e. The Morgan fingerprint density at radius 2 is 2.04 bits per heavy atom. The van der Waals surface area contributed by atoms with E-state index in [1.807, 2.05) is 37.3 Å².